The number of aromatic nitrogens is 2. The molecule has 0 aliphatic carbocycles. The molecule has 1 aromatic heterocycles. The molecule has 0 spiro atoms. The first kappa shape index (κ1) is 20.6. The van der Waals surface area contributed by atoms with E-state index in [1.54, 1.807) is 0 Å². The van der Waals surface area contributed by atoms with Gasteiger partial charge in [-0.1, -0.05) is 24.6 Å². The number of amides is 1. The Labute approximate surface area is 172 Å². The van der Waals surface area contributed by atoms with Crippen molar-refractivity contribution < 1.29 is 4.79 Å². The van der Waals surface area contributed by atoms with Crippen LogP contribution >= 0.6 is 11.8 Å². The maximum Gasteiger partial charge on any atom is 0.224 e. The van der Waals surface area contributed by atoms with E-state index in [0.29, 0.717) is 12.8 Å². The molecule has 5 nitrogen and oxygen atoms in total. The van der Waals surface area contributed by atoms with Gasteiger partial charge < -0.3 is 10.2 Å². The fourth-order valence-corrected chi connectivity index (χ4v) is 4.16. The molecule has 28 heavy (non-hydrogen) atoms. The largest absolute Gasteiger partial charge is 0.372 e. The van der Waals surface area contributed by atoms with Crippen molar-refractivity contribution in [3.05, 3.63) is 41.2 Å². The van der Waals surface area contributed by atoms with Crippen LogP contribution in [0.3, 0.4) is 0 Å². The van der Waals surface area contributed by atoms with Gasteiger partial charge in [0.15, 0.2) is 5.16 Å². The molecule has 0 saturated carbocycles. The summed E-state index contributed by atoms with van der Waals surface area (Å²) in [5, 5.41) is 3.80. The van der Waals surface area contributed by atoms with E-state index >= 15 is 0 Å². The molecule has 0 bridgehead atoms. The van der Waals surface area contributed by atoms with Crippen LogP contribution in [0.15, 0.2) is 29.4 Å². The average Bonchev–Trinajstić information content (AvgIpc) is 2.97. The van der Waals surface area contributed by atoms with Crippen molar-refractivity contribution in [3.63, 3.8) is 0 Å². The van der Waals surface area contributed by atoms with Gasteiger partial charge in [0.25, 0.3) is 0 Å². The lowest BCUT2D eigenvalue weighted by Gasteiger charge is -2.22. The van der Waals surface area contributed by atoms with Gasteiger partial charge in [0.2, 0.25) is 5.91 Å². The van der Waals surface area contributed by atoms with Gasteiger partial charge in [-0.2, -0.15) is 0 Å². The van der Waals surface area contributed by atoms with Crippen LogP contribution in [0.5, 0.6) is 0 Å². The zero-order chi connectivity index (χ0) is 19.9. The third-order valence-corrected chi connectivity index (χ3v) is 5.85. The highest BCUT2D eigenvalue weighted by Gasteiger charge is 2.12. The first-order valence-electron chi connectivity index (χ1n) is 10.1. The molecule has 2 heterocycles. The molecule has 1 N–H and O–H groups in total. The number of thioether (sulfide) groups is 1. The number of rotatable bonds is 6. The minimum Gasteiger partial charge on any atom is -0.372 e. The molecule has 1 aliphatic heterocycles. The van der Waals surface area contributed by atoms with Crippen molar-refractivity contribution in [2.24, 2.45) is 0 Å². The summed E-state index contributed by atoms with van der Waals surface area (Å²) in [6.07, 6.45) is 8.24. The van der Waals surface area contributed by atoms with Crippen LogP contribution in [-0.2, 0) is 11.2 Å². The summed E-state index contributed by atoms with van der Waals surface area (Å²) >= 11 is 1.54. The molecule has 1 aromatic carbocycles. The zero-order valence-corrected chi connectivity index (χ0v) is 17.9. The topological polar surface area (TPSA) is 58.1 Å². The second-order valence-corrected chi connectivity index (χ2v) is 8.13. The molecule has 2 aromatic rings. The summed E-state index contributed by atoms with van der Waals surface area (Å²) in [6.45, 7) is 6.23. The summed E-state index contributed by atoms with van der Waals surface area (Å²) in [5.41, 5.74) is 5.10. The van der Waals surface area contributed by atoms with E-state index in [0.717, 1.165) is 40.9 Å². The maximum absolute atomic E-state index is 12.4. The van der Waals surface area contributed by atoms with Crippen LogP contribution in [0.4, 0.5) is 11.4 Å². The van der Waals surface area contributed by atoms with Gasteiger partial charge in [0.1, 0.15) is 0 Å². The third-order valence-electron chi connectivity index (χ3n) is 5.31. The Balaban J connectivity index is 1.55. The Kier molecular flexibility index (Phi) is 7.31. The fraction of sp³-hybridized carbons (Fsp3) is 0.500. The van der Waals surface area contributed by atoms with Gasteiger partial charge in [-0.3, -0.25) is 4.79 Å². The number of benzene rings is 1. The van der Waals surface area contributed by atoms with Crippen LogP contribution in [0.2, 0.25) is 0 Å². The van der Waals surface area contributed by atoms with Crippen molar-refractivity contribution >= 4 is 29.0 Å². The average molecular weight is 399 g/mol. The Bertz CT molecular complexity index is 776. The molecule has 1 saturated heterocycles. The zero-order valence-electron chi connectivity index (χ0n) is 17.1. The Morgan fingerprint density at radius 2 is 1.64 bits per heavy atom. The molecule has 150 valence electrons. The SMILES string of the molecule is CSc1nc(C)c(CCC(=O)Nc2ccc(N3CCCCCC3)cc2)c(C)n1. The van der Waals surface area contributed by atoms with Crippen LogP contribution in [-0.4, -0.2) is 35.2 Å². The van der Waals surface area contributed by atoms with E-state index in [-0.39, 0.29) is 5.91 Å². The molecule has 1 aliphatic rings. The van der Waals surface area contributed by atoms with Crippen molar-refractivity contribution in [1.29, 1.82) is 0 Å². The maximum atomic E-state index is 12.4. The van der Waals surface area contributed by atoms with Crippen molar-refractivity contribution in [2.45, 2.75) is 57.5 Å². The summed E-state index contributed by atoms with van der Waals surface area (Å²) in [4.78, 5) is 23.8. The van der Waals surface area contributed by atoms with E-state index in [4.69, 9.17) is 0 Å². The number of anilines is 2. The summed E-state index contributed by atoms with van der Waals surface area (Å²) < 4.78 is 0. The predicted molar refractivity (Wildman–Crippen MR) is 117 cm³/mol. The first-order chi connectivity index (χ1) is 13.6. The summed E-state index contributed by atoms with van der Waals surface area (Å²) in [7, 11) is 0. The highest BCUT2D eigenvalue weighted by Crippen LogP contribution is 2.22. The lowest BCUT2D eigenvalue weighted by Crippen LogP contribution is -2.23. The number of hydrogen-bond acceptors (Lipinski definition) is 5. The summed E-state index contributed by atoms with van der Waals surface area (Å²) in [5.74, 6) is 0.0234. The first-order valence-corrected chi connectivity index (χ1v) is 11.3. The van der Waals surface area contributed by atoms with Gasteiger partial charge in [-0.05, 0) is 69.2 Å². The quantitative estimate of drug-likeness (QED) is 0.561. The molecule has 0 unspecified atom stereocenters. The molecule has 0 radical (unpaired) electrons. The van der Waals surface area contributed by atoms with Gasteiger partial charge in [-0.25, -0.2) is 9.97 Å². The number of carbonyl (C=O) groups is 1. The van der Waals surface area contributed by atoms with Gasteiger partial charge in [0, 0.05) is 42.3 Å². The van der Waals surface area contributed by atoms with Crippen LogP contribution in [0.1, 0.15) is 49.1 Å². The predicted octanol–water partition coefficient (Wildman–Crippen LogP) is 4.77. The third kappa shape index (κ3) is 5.47. The van der Waals surface area contributed by atoms with Crippen molar-refractivity contribution in [3.8, 4) is 0 Å². The normalized spacial score (nSPS) is 14.6. The highest BCUT2D eigenvalue weighted by atomic mass is 32.2. The minimum atomic E-state index is 0.0234. The molecule has 3 rings (SSSR count). The molecular formula is C22H30N4OS. The lowest BCUT2D eigenvalue weighted by molar-refractivity contribution is -0.116. The van der Waals surface area contributed by atoms with E-state index in [1.165, 1.54) is 43.1 Å². The van der Waals surface area contributed by atoms with Gasteiger partial charge >= 0.3 is 0 Å². The molecule has 1 amide bonds. The van der Waals surface area contributed by atoms with E-state index in [2.05, 4.69) is 32.3 Å². The fourth-order valence-electron chi connectivity index (χ4n) is 3.71. The van der Waals surface area contributed by atoms with Gasteiger partial charge in [0.05, 0.1) is 0 Å². The molecule has 6 heteroatoms. The Hall–Kier alpha value is -2.08. The second kappa shape index (κ2) is 9.92. The van der Waals surface area contributed by atoms with Crippen molar-refractivity contribution in [2.75, 3.05) is 29.6 Å². The number of aryl methyl sites for hydroxylation is 2. The van der Waals surface area contributed by atoms with E-state index in [9.17, 15) is 4.79 Å². The van der Waals surface area contributed by atoms with Crippen LogP contribution in [0.25, 0.3) is 0 Å². The molecule has 0 atom stereocenters. The number of nitrogens with zero attached hydrogens (tertiary/aromatic N) is 3. The van der Waals surface area contributed by atoms with Crippen molar-refractivity contribution in [1.82, 2.24) is 9.97 Å². The second-order valence-electron chi connectivity index (χ2n) is 7.36. The van der Waals surface area contributed by atoms with E-state index < -0.39 is 0 Å². The Morgan fingerprint density at radius 1 is 1.04 bits per heavy atom. The van der Waals surface area contributed by atoms with E-state index in [1.807, 2.05) is 32.2 Å². The lowest BCUT2D eigenvalue weighted by atomic mass is 10.1. The number of nitrogens with one attached hydrogen (secondary N) is 1. The summed E-state index contributed by atoms with van der Waals surface area (Å²) in [6, 6.07) is 8.24. The van der Waals surface area contributed by atoms with Crippen LogP contribution in [0, 0.1) is 13.8 Å². The number of hydrogen-bond donors (Lipinski definition) is 1. The van der Waals surface area contributed by atoms with Crippen LogP contribution < -0.4 is 10.2 Å². The standard InChI is InChI=1S/C22H30N4OS/c1-16-20(17(2)24-22(23-16)28-3)12-13-21(27)25-18-8-10-19(11-9-18)26-14-6-4-5-7-15-26/h8-11H,4-7,12-15H2,1-3H3,(H,25,27). The number of carbonyl (C=O) groups excluding carboxylic acids is 1. The Morgan fingerprint density at radius 3 is 2.21 bits per heavy atom. The molecular weight excluding hydrogens is 368 g/mol. The highest BCUT2D eigenvalue weighted by molar-refractivity contribution is 7.98. The molecule has 1 fully saturated rings. The minimum absolute atomic E-state index is 0.0234. The smallest absolute Gasteiger partial charge is 0.224 e. The van der Waals surface area contributed by atoms with Gasteiger partial charge in [-0.15, -0.1) is 0 Å². The monoisotopic (exact) mass is 398 g/mol.